The molecule has 1 N–H and O–H groups in total. The van der Waals surface area contributed by atoms with E-state index in [0.29, 0.717) is 19.8 Å². The SMILES string of the molecule is C=C(C)COCCNCc1c(F)cccc1F. The van der Waals surface area contributed by atoms with Gasteiger partial charge in [0.15, 0.2) is 0 Å². The van der Waals surface area contributed by atoms with Gasteiger partial charge in [-0.05, 0) is 19.1 Å². The van der Waals surface area contributed by atoms with E-state index >= 15 is 0 Å². The molecule has 0 bridgehead atoms. The van der Waals surface area contributed by atoms with Crippen LogP contribution in [0.1, 0.15) is 12.5 Å². The predicted octanol–water partition coefficient (Wildman–Crippen LogP) is 2.65. The third-order valence-electron chi connectivity index (χ3n) is 2.14. The molecule has 1 aromatic carbocycles. The third-order valence-corrected chi connectivity index (χ3v) is 2.14. The Morgan fingerprint density at radius 3 is 2.59 bits per heavy atom. The average molecular weight is 241 g/mol. The summed E-state index contributed by atoms with van der Waals surface area (Å²) in [7, 11) is 0. The van der Waals surface area contributed by atoms with Gasteiger partial charge in [0.05, 0.1) is 13.2 Å². The van der Waals surface area contributed by atoms with Crippen molar-refractivity contribution in [3.05, 3.63) is 47.5 Å². The average Bonchev–Trinajstić information content (AvgIpc) is 2.26. The van der Waals surface area contributed by atoms with E-state index in [9.17, 15) is 8.78 Å². The second kappa shape index (κ2) is 7.14. The second-order valence-electron chi connectivity index (χ2n) is 3.89. The van der Waals surface area contributed by atoms with Gasteiger partial charge in [0.25, 0.3) is 0 Å². The molecule has 0 heterocycles. The highest BCUT2D eigenvalue weighted by molar-refractivity contribution is 5.19. The first-order valence-electron chi connectivity index (χ1n) is 5.47. The molecule has 0 unspecified atom stereocenters. The van der Waals surface area contributed by atoms with Crippen molar-refractivity contribution in [3.8, 4) is 0 Å². The van der Waals surface area contributed by atoms with Crippen molar-refractivity contribution in [2.24, 2.45) is 0 Å². The molecule has 0 fully saturated rings. The summed E-state index contributed by atoms with van der Waals surface area (Å²) in [5.74, 6) is -1.05. The summed E-state index contributed by atoms with van der Waals surface area (Å²) in [6.07, 6.45) is 0. The zero-order chi connectivity index (χ0) is 12.7. The summed E-state index contributed by atoms with van der Waals surface area (Å²) in [6, 6.07) is 3.85. The summed E-state index contributed by atoms with van der Waals surface area (Å²) in [5.41, 5.74) is 1.01. The highest BCUT2D eigenvalue weighted by Gasteiger charge is 2.06. The van der Waals surface area contributed by atoms with Crippen LogP contribution in [0.3, 0.4) is 0 Å². The Kier molecular flexibility index (Phi) is 5.80. The second-order valence-corrected chi connectivity index (χ2v) is 3.89. The van der Waals surface area contributed by atoms with Gasteiger partial charge in [-0.15, -0.1) is 0 Å². The molecule has 1 rings (SSSR count). The maximum Gasteiger partial charge on any atom is 0.130 e. The molecule has 0 aliphatic heterocycles. The highest BCUT2D eigenvalue weighted by Crippen LogP contribution is 2.11. The van der Waals surface area contributed by atoms with Crippen molar-refractivity contribution in [2.45, 2.75) is 13.5 Å². The minimum absolute atomic E-state index is 0.0624. The van der Waals surface area contributed by atoms with Crippen LogP contribution in [0.2, 0.25) is 0 Å². The molecule has 1 aromatic rings. The van der Waals surface area contributed by atoms with Gasteiger partial charge in [-0.25, -0.2) is 8.78 Å². The van der Waals surface area contributed by atoms with Crippen LogP contribution in [-0.2, 0) is 11.3 Å². The quantitative estimate of drug-likeness (QED) is 0.585. The number of hydrogen-bond acceptors (Lipinski definition) is 2. The van der Waals surface area contributed by atoms with Crippen LogP contribution < -0.4 is 5.32 Å². The van der Waals surface area contributed by atoms with Gasteiger partial charge in [-0.2, -0.15) is 0 Å². The van der Waals surface area contributed by atoms with Gasteiger partial charge in [0, 0.05) is 18.7 Å². The van der Waals surface area contributed by atoms with Crippen molar-refractivity contribution >= 4 is 0 Å². The molecule has 2 nitrogen and oxygen atoms in total. The van der Waals surface area contributed by atoms with Crippen molar-refractivity contribution in [1.29, 1.82) is 0 Å². The molecule has 17 heavy (non-hydrogen) atoms. The van der Waals surface area contributed by atoms with E-state index in [2.05, 4.69) is 11.9 Å². The van der Waals surface area contributed by atoms with Crippen LogP contribution >= 0.6 is 0 Å². The lowest BCUT2D eigenvalue weighted by molar-refractivity contribution is 0.157. The van der Waals surface area contributed by atoms with Crippen molar-refractivity contribution in [2.75, 3.05) is 19.8 Å². The fourth-order valence-electron chi connectivity index (χ4n) is 1.31. The largest absolute Gasteiger partial charge is 0.376 e. The van der Waals surface area contributed by atoms with Crippen LogP contribution in [0.5, 0.6) is 0 Å². The lowest BCUT2D eigenvalue weighted by Gasteiger charge is -2.07. The van der Waals surface area contributed by atoms with E-state index < -0.39 is 11.6 Å². The monoisotopic (exact) mass is 241 g/mol. The smallest absolute Gasteiger partial charge is 0.130 e. The number of halogens is 2. The summed E-state index contributed by atoms with van der Waals surface area (Å²) < 4.78 is 31.7. The van der Waals surface area contributed by atoms with E-state index in [1.54, 1.807) is 0 Å². The highest BCUT2D eigenvalue weighted by atomic mass is 19.1. The maximum atomic E-state index is 13.2. The van der Waals surface area contributed by atoms with Crippen molar-refractivity contribution < 1.29 is 13.5 Å². The fourth-order valence-corrected chi connectivity index (χ4v) is 1.31. The Balaban J connectivity index is 2.24. The fraction of sp³-hybridized carbons (Fsp3) is 0.385. The van der Waals surface area contributed by atoms with Crippen molar-refractivity contribution in [1.82, 2.24) is 5.32 Å². The summed E-state index contributed by atoms with van der Waals surface area (Å²) >= 11 is 0. The number of hydrogen-bond donors (Lipinski definition) is 1. The number of benzene rings is 1. The summed E-state index contributed by atoms with van der Waals surface area (Å²) in [5, 5.41) is 2.92. The van der Waals surface area contributed by atoms with Gasteiger partial charge in [-0.3, -0.25) is 0 Å². The van der Waals surface area contributed by atoms with Crippen molar-refractivity contribution in [3.63, 3.8) is 0 Å². The molecule has 0 spiro atoms. The van der Waals surface area contributed by atoms with Gasteiger partial charge in [0.1, 0.15) is 11.6 Å². The zero-order valence-electron chi connectivity index (χ0n) is 9.93. The van der Waals surface area contributed by atoms with E-state index in [-0.39, 0.29) is 12.1 Å². The van der Waals surface area contributed by atoms with E-state index in [1.165, 1.54) is 18.2 Å². The molecule has 0 saturated heterocycles. The molecule has 94 valence electrons. The van der Waals surface area contributed by atoms with Crippen LogP contribution in [0.25, 0.3) is 0 Å². The van der Waals surface area contributed by atoms with Gasteiger partial charge in [-0.1, -0.05) is 18.2 Å². The molecule has 0 amide bonds. The Morgan fingerprint density at radius 2 is 2.00 bits per heavy atom. The Bertz CT molecular complexity index is 359. The summed E-state index contributed by atoms with van der Waals surface area (Å²) in [4.78, 5) is 0. The van der Waals surface area contributed by atoms with Crippen LogP contribution in [0.15, 0.2) is 30.4 Å². The Morgan fingerprint density at radius 1 is 1.35 bits per heavy atom. The molecule has 0 atom stereocenters. The van der Waals surface area contributed by atoms with Crippen LogP contribution in [0, 0.1) is 11.6 Å². The van der Waals surface area contributed by atoms with Gasteiger partial charge >= 0.3 is 0 Å². The predicted molar refractivity (Wildman–Crippen MR) is 63.7 cm³/mol. The first kappa shape index (κ1) is 13.8. The first-order valence-corrected chi connectivity index (χ1v) is 5.47. The first-order chi connectivity index (χ1) is 8.11. The minimum atomic E-state index is -0.527. The molecule has 0 aromatic heterocycles. The summed E-state index contributed by atoms with van der Waals surface area (Å²) in [6.45, 7) is 7.28. The third kappa shape index (κ3) is 5.06. The molecule has 0 aliphatic rings. The standard InChI is InChI=1S/C13H17F2NO/c1-10(2)9-17-7-6-16-8-11-12(14)4-3-5-13(11)15/h3-5,16H,1,6-9H2,2H3. The Labute approximate surface area is 100 Å². The molecular formula is C13H17F2NO. The number of ether oxygens (including phenoxy) is 1. The van der Waals surface area contributed by atoms with E-state index in [4.69, 9.17) is 4.74 Å². The van der Waals surface area contributed by atoms with Crippen LogP contribution in [0.4, 0.5) is 8.78 Å². The Hall–Kier alpha value is -1.26. The number of rotatable bonds is 7. The molecule has 0 saturated carbocycles. The lowest BCUT2D eigenvalue weighted by Crippen LogP contribution is -2.21. The molecule has 4 heteroatoms. The van der Waals surface area contributed by atoms with Gasteiger partial charge in [0.2, 0.25) is 0 Å². The van der Waals surface area contributed by atoms with E-state index in [1.807, 2.05) is 6.92 Å². The number of nitrogens with one attached hydrogen (secondary N) is 1. The maximum absolute atomic E-state index is 13.2. The minimum Gasteiger partial charge on any atom is -0.376 e. The van der Waals surface area contributed by atoms with E-state index in [0.717, 1.165) is 5.57 Å². The van der Waals surface area contributed by atoms with Gasteiger partial charge < -0.3 is 10.1 Å². The zero-order valence-corrected chi connectivity index (χ0v) is 9.93. The topological polar surface area (TPSA) is 21.3 Å². The van der Waals surface area contributed by atoms with Crippen LogP contribution in [-0.4, -0.2) is 19.8 Å². The molecule has 0 aliphatic carbocycles. The molecular weight excluding hydrogens is 224 g/mol. The normalized spacial score (nSPS) is 10.5. The molecule has 0 radical (unpaired) electrons. The lowest BCUT2D eigenvalue weighted by atomic mass is 10.2.